The number of alkyl halides is 3. The van der Waals surface area contributed by atoms with Crippen LogP contribution in [-0.4, -0.2) is 29.7 Å². The molecule has 0 atom stereocenters. The second-order valence-electron chi connectivity index (χ2n) is 7.66. The van der Waals surface area contributed by atoms with Gasteiger partial charge in [0.05, 0.1) is 30.2 Å². The third kappa shape index (κ3) is 3.65. The second kappa shape index (κ2) is 7.84. The van der Waals surface area contributed by atoms with Gasteiger partial charge in [0, 0.05) is 35.5 Å². The minimum Gasteiger partial charge on any atom is -0.496 e. The zero-order valence-corrected chi connectivity index (χ0v) is 17.6. The van der Waals surface area contributed by atoms with Crippen molar-refractivity contribution in [2.75, 3.05) is 23.5 Å². The number of halogens is 3. The Bertz CT molecular complexity index is 1330. The van der Waals surface area contributed by atoms with E-state index in [1.165, 1.54) is 23.0 Å². The molecule has 1 aliphatic rings. The number of hydrogen-bond donors (Lipinski definition) is 1. The van der Waals surface area contributed by atoms with Gasteiger partial charge in [-0.2, -0.15) is 13.2 Å². The number of fused-ring (bicyclic) bond motifs is 2. The first-order valence-electron chi connectivity index (χ1n) is 10.2. The van der Waals surface area contributed by atoms with Crippen LogP contribution in [0.3, 0.4) is 0 Å². The summed E-state index contributed by atoms with van der Waals surface area (Å²) < 4.78 is 45.9. The summed E-state index contributed by atoms with van der Waals surface area (Å²) in [4.78, 5) is 23.9. The van der Waals surface area contributed by atoms with Gasteiger partial charge in [0.2, 0.25) is 0 Å². The lowest BCUT2D eigenvalue weighted by molar-refractivity contribution is -0.138. The molecule has 0 radical (unpaired) electrons. The lowest BCUT2D eigenvalue weighted by Crippen LogP contribution is -2.40. The van der Waals surface area contributed by atoms with Crippen molar-refractivity contribution in [2.45, 2.75) is 12.6 Å². The Kier molecular flexibility index (Phi) is 4.96. The minimum absolute atomic E-state index is 0.227. The average Bonchev–Trinajstić information content (AvgIpc) is 3.44. The zero-order valence-electron chi connectivity index (χ0n) is 17.6. The van der Waals surface area contributed by atoms with Crippen LogP contribution in [0.15, 0.2) is 67.1 Å². The number of rotatable bonds is 3. The van der Waals surface area contributed by atoms with E-state index in [1.54, 1.807) is 36.8 Å². The number of nitrogens with one attached hydrogen (secondary N) is 1. The fourth-order valence-electron chi connectivity index (χ4n) is 4.16. The van der Waals surface area contributed by atoms with E-state index >= 15 is 0 Å². The lowest BCUT2D eigenvalue weighted by atomic mass is 10.1. The van der Waals surface area contributed by atoms with E-state index in [-0.39, 0.29) is 18.0 Å². The average molecular weight is 452 g/mol. The highest BCUT2D eigenvalue weighted by molar-refractivity contribution is 6.10. The van der Waals surface area contributed by atoms with Gasteiger partial charge in [-0.3, -0.25) is 14.8 Å². The predicted molar refractivity (Wildman–Crippen MR) is 119 cm³/mol. The Morgan fingerprint density at radius 2 is 2.00 bits per heavy atom. The molecular formula is C24H19F3N4O2. The molecule has 0 saturated carbocycles. The number of benzene rings is 2. The minimum atomic E-state index is -4.61. The number of amides is 2. The molecule has 0 aliphatic carbocycles. The van der Waals surface area contributed by atoms with Crippen molar-refractivity contribution in [1.29, 1.82) is 0 Å². The lowest BCUT2D eigenvalue weighted by Gasteiger charge is -2.29. The number of urea groups is 1. The van der Waals surface area contributed by atoms with Crippen molar-refractivity contribution in [2.24, 2.45) is 0 Å². The van der Waals surface area contributed by atoms with Crippen LogP contribution in [0.2, 0.25) is 0 Å². The number of nitrogens with zero attached hydrogens (tertiary/aromatic N) is 3. The highest BCUT2D eigenvalue weighted by Gasteiger charge is 2.38. The molecule has 1 aliphatic heterocycles. The summed E-state index contributed by atoms with van der Waals surface area (Å²) in [6.07, 6.45) is 0.751. The Hall–Kier alpha value is -4.01. The highest BCUT2D eigenvalue weighted by atomic mass is 19.4. The third-order valence-corrected chi connectivity index (χ3v) is 5.72. The van der Waals surface area contributed by atoms with Gasteiger partial charge >= 0.3 is 12.2 Å². The molecular weight excluding hydrogens is 433 g/mol. The summed E-state index contributed by atoms with van der Waals surface area (Å²) in [6.45, 7) is 0.252. The van der Waals surface area contributed by atoms with Crippen LogP contribution in [-0.2, 0) is 12.6 Å². The number of carbonyl (C=O) groups excluding carboxylic acids is 1. The number of methoxy groups -OCH3 is 1. The number of carbonyl (C=O) groups is 1. The molecule has 0 bridgehead atoms. The Morgan fingerprint density at radius 3 is 2.73 bits per heavy atom. The van der Waals surface area contributed by atoms with E-state index in [1.807, 2.05) is 18.2 Å². The van der Waals surface area contributed by atoms with E-state index in [0.717, 1.165) is 17.0 Å². The molecule has 2 aromatic heterocycles. The molecule has 33 heavy (non-hydrogen) atoms. The summed E-state index contributed by atoms with van der Waals surface area (Å²) in [7, 11) is 1.20. The van der Waals surface area contributed by atoms with E-state index in [2.05, 4.69) is 9.97 Å². The van der Waals surface area contributed by atoms with Crippen LogP contribution in [0.25, 0.3) is 10.9 Å². The second-order valence-corrected chi connectivity index (χ2v) is 7.66. The van der Waals surface area contributed by atoms with Crippen LogP contribution in [0.1, 0.15) is 11.1 Å². The summed E-state index contributed by atoms with van der Waals surface area (Å²) >= 11 is 0. The Morgan fingerprint density at radius 1 is 1.15 bits per heavy atom. The molecule has 2 aromatic carbocycles. The van der Waals surface area contributed by atoms with Crippen molar-refractivity contribution in [1.82, 2.24) is 9.97 Å². The van der Waals surface area contributed by atoms with Gasteiger partial charge in [-0.05, 0) is 60.5 Å². The molecule has 2 amide bonds. The number of pyridine rings is 1. The van der Waals surface area contributed by atoms with Gasteiger partial charge in [-0.25, -0.2) is 4.79 Å². The standard InChI is InChI=1S/C24H19F3N4O2/c1-33-22-12-16-7-10-30(21(16)13-19(22)24(25,26)27)23(32)31(18-3-2-8-28-14-18)17-4-5-20-15(11-17)6-9-29-20/h2-6,8-9,11-14,29H,7,10H2,1H3. The first-order chi connectivity index (χ1) is 15.9. The van der Waals surface area contributed by atoms with Gasteiger partial charge in [0.15, 0.2) is 0 Å². The normalized spacial score (nSPS) is 13.3. The first kappa shape index (κ1) is 20.9. The fourth-order valence-corrected chi connectivity index (χ4v) is 4.16. The van der Waals surface area contributed by atoms with Gasteiger partial charge < -0.3 is 9.72 Å². The summed E-state index contributed by atoms with van der Waals surface area (Å²) in [6, 6.07) is 12.7. The molecule has 168 valence electrons. The number of aromatic nitrogens is 2. The van der Waals surface area contributed by atoms with Gasteiger partial charge in [0.25, 0.3) is 0 Å². The summed E-state index contributed by atoms with van der Waals surface area (Å²) in [5, 5.41) is 0.903. The number of anilines is 3. The van der Waals surface area contributed by atoms with Gasteiger partial charge in [0.1, 0.15) is 5.75 Å². The molecule has 0 saturated heterocycles. The maximum atomic E-state index is 13.8. The SMILES string of the molecule is COc1cc2c(cc1C(F)(F)F)N(C(=O)N(c1cccnc1)c1ccc3[nH]ccc3c1)CC2. The van der Waals surface area contributed by atoms with Crippen molar-refractivity contribution >= 4 is 34.0 Å². The molecule has 6 nitrogen and oxygen atoms in total. The molecule has 5 rings (SSSR count). The third-order valence-electron chi connectivity index (χ3n) is 5.72. The first-order valence-corrected chi connectivity index (χ1v) is 10.2. The van der Waals surface area contributed by atoms with E-state index in [9.17, 15) is 18.0 Å². The summed E-state index contributed by atoms with van der Waals surface area (Å²) in [5.41, 5.74) is 1.94. The van der Waals surface area contributed by atoms with Crippen molar-refractivity contribution in [3.05, 3.63) is 78.2 Å². The Balaban J connectivity index is 1.61. The fraction of sp³-hybridized carbons (Fsp3) is 0.167. The van der Waals surface area contributed by atoms with Crippen LogP contribution in [0.4, 0.5) is 35.0 Å². The van der Waals surface area contributed by atoms with Crippen molar-refractivity contribution < 1.29 is 22.7 Å². The number of hydrogen-bond acceptors (Lipinski definition) is 3. The van der Waals surface area contributed by atoms with Crippen LogP contribution >= 0.6 is 0 Å². The van der Waals surface area contributed by atoms with E-state index in [4.69, 9.17) is 4.74 Å². The number of ether oxygens (including phenoxy) is 1. The predicted octanol–water partition coefficient (Wildman–Crippen LogP) is 5.91. The zero-order chi connectivity index (χ0) is 23.2. The Labute approximate surface area is 187 Å². The quantitative estimate of drug-likeness (QED) is 0.420. The molecule has 0 spiro atoms. The molecule has 3 heterocycles. The maximum absolute atomic E-state index is 13.8. The largest absolute Gasteiger partial charge is 0.496 e. The molecule has 4 aromatic rings. The van der Waals surface area contributed by atoms with Crippen molar-refractivity contribution in [3.8, 4) is 5.75 Å². The van der Waals surface area contributed by atoms with Gasteiger partial charge in [-0.15, -0.1) is 0 Å². The molecule has 0 fully saturated rings. The van der Waals surface area contributed by atoms with E-state index < -0.39 is 17.8 Å². The number of H-pyrrole nitrogens is 1. The number of aromatic amines is 1. The monoisotopic (exact) mass is 452 g/mol. The van der Waals surface area contributed by atoms with E-state index in [0.29, 0.717) is 23.4 Å². The summed E-state index contributed by atoms with van der Waals surface area (Å²) in [5.74, 6) is -0.252. The topological polar surface area (TPSA) is 61.5 Å². The van der Waals surface area contributed by atoms with Crippen LogP contribution in [0.5, 0.6) is 5.75 Å². The van der Waals surface area contributed by atoms with Crippen molar-refractivity contribution in [3.63, 3.8) is 0 Å². The smallest absolute Gasteiger partial charge is 0.420 e. The van der Waals surface area contributed by atoms with Crippen LogP contribution < -0.4 is 14.5 Å². The molecule has 1 N–H and O–H groups in total. The maximum Gasteiger partial charge on any atom is 0.420 e. The molecule has 0 unspecified atom stereocenters. The highest BCUT2D eigenvalue weighted by Crippen LogP contribution is 2.43. The van der Waals surface area contributed by atoms with Gasteiger partial charge in [-0.1, -0.05) is 0 Å². The van der Waals surface area contributed by atoms with Crippen LogP contribution in [0, 0.1) is 0 Å². The molecule has 9 heteroatoms.